The van der Waals surface area contributed by atoms with Crippen molar-refractivity contribution in [2.45, 2.75) is 46.1 Å². The number of aliphatic imine (C=N–C) groups is 1. The van der Waals surface area contributed by atoms with Crippen molar-refractivity contribution in [3.05, 3.63) is 85.0 Å². The topological polar surface area (TPSA) is 134 Å². The Balaban J connectivity index is 0.000000449. The van der Waals surface area contributed by atoms with Crippen LogP contribution in [0.3, 0.4) is 0 Å². The Bertz CT molecular complexity index is 1290. The standard InChI is InChI=1S/C20H18O4.C14H22N2O4/c1-13(2)19(21)23-17-9-5-15(6-10-17)16-7-11-18(12-8-16)24-20(22)14(3)4;1-12(2)13(17)20-8-5-7-18-11-19-9-6-14(3,10-15)16-4/h5-12H,1,3H2,2,4H3;1,4-9,11H2,2-3H3. The molecule has 0 spiro atoms. The highest BCUT2D eigenvalue weighted by atomic mass is 16.7. The number of benzene rings is 2. The van der Waals surface area contributed by atoms with Gasteiger partial charge in [0.25, 0.3) is 0 Å². The zero-order valence-electron chi connectivity index (χ0n) is 25.9. The van der Waals surface area contributed by atoms with Crippen molar-refractivity contribution in [2.24, 2.45) is 4.99 Å². The highest BCUT2D eigenvalue weighted by Crippen LogP contribution is 2.25. The van der Waals surface area contributed by atoms with E-state index < -0.39 is 23.4 Å². The van der Waals surface area contributed by atoms with Crippen LogP contribution in [0.1, 0.15) is 40.5 Å². The van der Waals surface area contributed by atoms with E-state index in [4.69, 9.17) is 28.9 Å². The average Bonchev–Trinajstić information content (AvgIpc) is 3.00. The van der Waals surface area contributed by atoms with Crippen molar-refractivity contribution in [1.29, 1.82) is 5.26 Å². The van der Waals surface area contributed by atoms with Gasteiger partial charge in [0.15, 0.2) is 0 Å². The Kier molecular flexibility index (Phi) is 16.4. The van der Waals surface area contributed by atoms with Crippen LogP contribution in [0.4, 0.5) is 0 Å². The Morgan fingerprint density at radius 2 is 1.18 bits per heavy atom. The van der Waals surface area contributed by atoms with Gasteiger partial charge in [-0.1, -0.05) is 44.0 Å². The van der Waals surface area contributed by atoms with E-state index in [1.54, 1.807) is 52.0 Å². The minimum atomic E-state index is -0.809. The van der Waals surface area contributed by atoms with Gasteiger partial charge in [-0.15, -0.1) is 0 Å². The minimum absolute atomic E-state index is 0.132. The van der Waals surface area contributed by atoms with E-state index in [2.05, 4.69) is 37.5 Å². The van der Waals surface area contributed by atoms with Gasteiger partial charge in [0.2, 0.25) is 0 Å². The summed E-state index contributed by atoms with van der Waals surface area (Å²) in [6, 6.07) is 16.3. The molecule has 10 heteroatoms. The van der Waals surface area contributed by atoms with Crippen LogP contribution in [0.2, 0.25) is 0 Å². The monoisotopic (exact) mass is 604 g/mol. The van der Waals surface area contributed by atoms with E-state index in [0.717, 1.165) is 11.1 Å². The van der Waals surface area contributed by atoms with Crippen LogP contribution < -0.4 is 9.47 Å². The van der Waals surface area contributed by atoms with Crippen molar-refractivity contribution in [1.82, 2.24) is 0 Å². The van der Waals surface area contributed by atoms with Crippen LogP contribution in [0.5, 0.6) is 11.5 Å². The molecule has 0 amide bonds. The van der Waals surface area contributed by atoms with E-state index in [9.17, 15) is 14.4 Å². The van der Waals surface area contributed by atoms with Crippen LogP contribution in [-0.2, 0) is 28.6 Å². The molecule has 0 N–H and O–H groups in total. The summed E-state index contributed by atoms with van der Waals surface area (Å²) in [4.78, 5) is 37.7. The van der Waals surface area contributed by atoms with Crippen molar-refractivity contribution >= 4 is 24.6 Å². The highest BCUT2D eigenvalue weighted by Gasteiger charge is 2.20. The molecule has 2 aromatic rings. The highest BCUT2D eigenvalue weighted by molar-refractivity contribution is 5.89. The molecule has 0 saturated heterocycles. The van der Waals surface area contributed by atoms with Gasteiger partial charge < -0.3 is 23.7 Å². The fraction of sp³-hybridized carbons (Fsp3) is 0.324. The fourth-order valence-corrected chi connectivity index (χ4v) is 2.89. The summed E-state index contributed by atoms with van der Waals surface area (Å²) >= 11 is 0. The summed E-state index contributed by atoms with van der Waals surface area (Å²) < 4.78 is 25.6. The largest absolute Gasteiger partial charge is 0.462 e. The molecular weight excluding hydrogens is 564 g/mol. The van der Waals surface area contributed by atoms with Gasteiger partial charge in [0.05, 0.1) is 25.9 Å². The average molecular weight is 605 g/mol. The van der Waals surface area contributed by atoms with Crippen molar-refractivity contribution in [3.63, 3.8) is 0 Å². The Morgan fingerprint density at radius 1 is 0.750 bits per heavy atom. The van der Waals surface area contributed by atoms with Crippen LogP contribution >= 0.6 is 0 Å². The SMILES string of the molecule is C=C(C)C(=O)Oc1ccc(-c2ccc(OC(=O)C(=C)C)cc2)cc1.C=NC(C)(C#N)CCOCOCCCOC(=O)C(=C)C. The van der Waals surface area contributed by atoms with Crippen molar-refractivity contribution in [2.75, 3.05) is 26.6 Å². The second kappa shape index (κ2) is 19.4. The predicted octanol–water partition coefficient (Wildman–Crippen LogP) is 6.18. The molecule has 2 rings (SSSR count). The first kappa shape index (κ1) is 37.2. The van der Waals surface area contributed by atoms with Gasteiger partial charge in [-0.2, -0.15) is 5.26 Å². The molecule has 10 nitrogen and oxygen atoms in total. The fourth-order valence-electron chi connectivity index (χ4n) is 2.89. The van der Waals surface area contributed by atoms with Crippen LogP contribution in [-0.4, -0.2) is 56.8 Å². The van der Waals surface area contributed by atoms with E-state index in [1.165, 1.54) is 0 Å². The first-order chi connectivity index (χ1) is 20.8. The molecule has 0 saturated carbocycles. The Morgan fingerprint density at radius 3 is 1.57 bits per heavy atom. The molecule has 1 unspecified atom stereocenters. The maximum atomic E-state index is 11.5. The zero-order valence-corrected chi connectivity index (χ0v) is 25.9. The summed E-state index contributed by atoms with van der Waals surface area (Å²) in [6.45, 7) is 21.6. The smallest absolute Gasteiger partial charge is 0.338 e. The third-order valence-corrected chi connectivity index (χ3v) is 5.66. The molecule has 0 fully saturated rings. The summed E-state index contributed by atoms with van der Waals surface area (Å²) in [5.41, 5.74) is 2.16. The molecule has 0 aliphatic rings. The zero-order chi connectivity index (χ0) is 33.1. The molecule has 0 aromatic heterocycles. The number of carbonyl (C=O) groups excluding carboxylic acids is 3. The van der Waals surface area contributed by atoms with Gasteiger partial charge in [-0.25, -0.2) is 14.4 Å². The van der Waals surface area contributed by atoms with Gasteiger partial charge in [0, 0.05) is 29.6 Å². The third-order valence-electron chi connectivity index (χ3n) is 5.66. The second-order valence-electron chi connectivity index (χ2n) is 9.89. The maximum absolute atomic E-state index is 11.5. The molecule has 0 aliphatic heterocycles. The molecule has 2 aromatic carbocycles. The number of esters is 3. The Labute approximate surface area is 259 Å². The number of hydrogen-bond acceptors (Lipinski definition) is 10. The first-order valence-corrected chi connectivity index (χ1v) is 13.6. The lowest BCUT2D eigenvalue weighted by atomic mass is 10.0. The Hall–Kier alpha value is -4.85. The first-order valence-electron chi connectivity index (χ1n) is 13.6. The van der Waals surface area contributed by atoms with Gasteiger partial charge in [-0.3, -0.25) is 4.99 Å². The molecule has 0 aliphatic carbocycles. The van der Waals surface area contributed by atoms with Crippen molar-refractivity contribution in [3.8, 4) is 28.7 Å². The molecule has 234 valence electrons. The van der Waals surface area contributed by atoms with E-state index in [1.807, 2.05) is 24.3 Å². The minimum Gasteiger partial charge on any atom is -0.462 e. The lowest BCUT2D eigenvalue weighted by Crippen LogP contribution is -2.21. The summed E-state index contributed by atoms with van der Waals surface area (Å²) in [6.07, 6.45) is 1.05. The van der Waals surface area contributed by atoms with Gasteiger partial charge in [-0.05, 0) is 69.8 Å². The third kappa shape index (κ3) is 14.4. The summed E-state index contributed by atoms with van der Waals surface area (Å²) in [5.74, 6) is -0.385. The lowest BCUT2D eigenvalue weighted by molar-refractivity contribution is -0.139. The number of rotatable bonds is 16. The molecule has 0 bridgehead atoms. The van der Waals surface area contributed by atoms with Crippen LogP contribution in [0.25, 0.3) is 11.1 Å². The number of carbonyl (C=O) groups is 3. The summed E-state index contributed by atoms with van der Waals surface area (Å²) in [7, 11) is 0. The van der Waals surface area contributed by atoms with Crippen LogP contribution in [0.15, 0.2) is 90.0 Å². The molecular formula is C34H40N2O8. The van der Waals surface area contributed by atoms with E-state index in [-0.39, 0.29) is 6.79 Å². The molecule has 0 heterocycles. The molecule has 0 radical (unpaired) electrons. The lowest BCUT2D eigenvalue weighted by Gasteiger charge is -2.15. The van der Waals surface area contributed by atoms with E-state index >= 15 is 0 Å². The second-order valence-corrected chi connectivity index (χ2v) is 9.89. The quantitative estimate of drug-likeness (QED) is 0.0550. The van der Waals surface area contributed by atoms with Crippen molar-refractivity contribution < 1.29 is 38.1 Å². The number of hydrogen-bond donors (Lipinski definition) is 0. The van der Waals surface area contributed by atoms with E-state index in [0.29, 0.717) is 60.9 Å². The number of ether oxygens (including phenoxy) is 5. The summed E-state index contributed by atoms with van der Waals surface area (Å²) in [5, 5.41) is 8.85. The maximum Gasteiger partial charge on any atom is 0.338 e. The van der Waals surface area contributed by atoms with Crippen LogP contribution in [0, 0.1) is 11.3 Å². The molecule has 1 atom stereocenters. The molecule has 44 heavy (non-hydrogen) atoms. The van der Waals surface area contributed by atoms with Gasteiger partial charge >= 0.3 is 17.9 Å². The van der Waals surface area contributed by atoms with Gasteiger partial charge in [0.1, 0.15) is 23.8 Å². The normalized spacial score (nSPS) is 11.3. The number of nitriles is 1. The predicted molar refractivity (Wildman–Crippen MR) is 168 cm³/mol. The number of nitrogens with zero attached hydrogens (tertiary/aromatic N) is 2.